The number of hydrogen-bond donors (Lipinski definition) is 1. The van der Waals surface area contributed by atoms with E-state index in [4.69, 9.17) is 27.9 Å². The van der Waals surface area contributed by atoms with Crippen LogP contribution in [-0.4, -0.2) is 50.4 Å². The summed E-state index contributed by atoms with van der Waals surface area (Å²) in [7, 11) is -2.86. The SMILES string of the molecule is COc1ccccc1N(CC(=O)N(Cc1ccc(Cl)cc1Cl)[C@H](Cc1ccccc1)C(=O)NC(C)(C)C)S(=O)(=O)c1ccc(C)cc1. The molecule has 0 aliphatic heterocycles. The van der Waals surface area contributed by atoms with Crippen LogP contribution in [0.4, 0.5) is 5.69 Å². The highest BCUT2D eigenvalue weighted by Gasteiger charge is 2.36. The number of methoxy groups -OCH3 is 1. The zero-order valence-corrected chi connectivity index (χ0v) is 29.4. The minimum Gasteiger partial charge on any atom is -0.495 e. The van der Waals surface area contributed by atoms with Crippen LogP contribution < -0.4 is 14.4 Å². The first-order valence-corrected chi connectivity index (χ1v) is 17.2. The summed E-state index contributed by atoms with van der Waals surface area (Å²) in [5, 5.41) is 3.73. The van der Waals surface area contributed by atoms with Gasteiger partial charge in [-0.15, -0.1) is 0 Å². The van der Waals surface area contributed by atoms with E-state index in [0.29, 0.717) is 15.6 Å². The lowest BCUT2D eigenvalue weighted by Crippen LogP contribution is -2.56. The van der Waals surface area contributed by atoms with Crippen molar-refractivity contribution in [1.29, 1.82) is 0 Å². The number of hydrogen-bond acceptors (Lipinski definition) is 5. The maximum atomic E-state index is 14.7. The largest absolute Gasteiger partial charge is 0.495 e. The number of carbonyl (C=O) groups excluding carboxylic acids is 2. The highest BCUT2D eigenvalue weighted by atomic mass is 35.5. The molecule has 0 unspecified atom stereocenters. The van der Waals surface area contributed by atoms with Crippen LogP contribution in [-0.2, 0) is 32.6 Å². The summed E-state index contributed by atoms with van der Waals surface area (Å²) in [4.78, 5) is 30.1. The van der Waals surface area contributed by atoms with E-state index >= 15 is 0 Å². The highest BCUT2D eigenvalue weighted by Crippen LogP contribution is 2.33. The lowest BCUT2D eigenvalue weighted by atomic mass is 10.0. The van der Waals surface area contributed by atoms with Crippen LogP contribution in [0.25, 0.3) is 0 Å². The first-order chi connectivity index (χ1) is 22.2. The van der Waals surface area contributed by atoms with E-state index in [0.717, 1.165) is 15.4 Å². The summed E-state index contributed by atoms with van der Waals surface area (Å²) in [6.45, 7) is 6.69. The van der Waals surface area contributed by atoms with Crippen LogP contribution >= 0.6 is 23.2 Å². The average Bonchev–Trinajstić information content (AvgIpc) is 3.02. The second-order valence-corrected chi connectivity index (χ2v) is 14.9. The van der Waals surface area contributed by atoms with Gasteiger partial charge in [0.25, 0.3) is 10.0 Å². The summed E-state index contributed by atoms with van der Waals surface area (Å²) in [6, 6.07) is 26.1. The molecule has 0 fully saturated rings. The minimum absolute atomic E-state index is 0.000382. The van der Waals surface area contributed by atoms with Crippen LogP contribution in [0, 0.1) is 6.92 Å². The summed E-state index contributed by atoms with van der Waals surface area (Å²) in [5.74, 6) is -0.762. The third-order valence-electron chi connectivity index (χ3n) is 7.37. The Balaban J connectivity index is 1.87. The fourth-order valence-electron chi connectivity index (χ4n) is 5.03. The molecule has 8 nitrogen and oxygen atoms in total. The molecule has 0 saturated heterocycles. The Morgan fingerprint density at radius 1 is 0.894 bits per heavy atom. The Bertz CT molecular complexity index is 1810. The van der Waals surface area contributed by atoms with Gasteiger partial charge in [0.1, 0.15) is 18.3 Å². The third kappa shape index (κ3) is 9.28. The summed E-state index contributed by atoms with van der Waals surface area (Å²) in [5.41, 5.74) is 1.79. The van der Waals surface area contributed by atoms with Crippen molar-refractivity contribution in [2.75, 3.05) is 18.0 Å². The van der Waals surface area contributed by atoms with E-state index in [1.807, 2.05) is 58.0 Å². The monoisotopic (exact) mass is 695 g/mol. The van der Waals surface area contributed by atoms with E-state index in [2.05, 4.69) is 5.32 Å². The highest BCUT2D eigenvalue weighted by molar-refractivity contribution is 7.92. The second-order valence-electron chi connectivity index (χ2n) is 12.2. The van der Waals surface area contributed by atoms with E-state index in [-0.39, 0.29) is 29.3 Å². The quantitative estimate of drug-likeness (QED) is 0.171. The van der Waals surface area contributed by atoms with Gasteiger partial charge in [-0.2, -0.15) is 0 Å². The standard InChI is InChI=1S/C36H39Cl2N3O5S/c1-25-15-19-29(20-16-25)47(44,45)41(31-13-9-10-14-33(31)46-5)24-34(42)40(23-27-17-18-28(37)22-30(27)38)32(35(43)39-36(2,3)4)21-26-11-7-6-8-12-26/h6-20,22,32H,21,23-24H2,1-5H3,(H,39,43)/t32-/m1/s1. The molecule has 4 aromatic carbocycles. The summed E-state index contributed by atoms with van der Waals surface area (Å²) in [6.07, 6.45) is 0.166. The fraction of sp³-hybridized carbons (Fsp3) is 0.278. The van der Waals surface area contributed by atoms with Crippen LogP contribution in [0.1, 0.15) is 37.5 Å². The van der Waals surface area contributed by atoms with E-state index in [1.165, 1.54) is 24.1 Å². The first-order valence-electron chi connectivity index (χ1n) is 15.0. The molecule has 0 bridgehead atoms. The lowest BCUT2D eigenvalue weighted by Gasteiger charge is -2.35. The van der Waals surface area contributed by atoms with Crippen molar-refractivity contribution >= 4 is 50.7 Å². The topological polar surface area (TPSA) is 96.0 Å². The lowest BCUT2D eigenvalue weighted by molar-refractivity contribution is -0.140. The predicted octanol–water partition coefficient (Wildman–Crippen LogP) is 7.06. The molecule has 4 rings (SSSR count). The van der Waals surface area contributed by atoms with Crippen LogP contribution in [0.2, 0.25) is 10.0 Å². The Kier molecular flexibility index (Phi) is 11.6. The Morgan fingerprint density at radius 3 is 2.15 bits per heavy atom. The maximum absolute atomic E-state index is 14.7. The molecule has 1 N–H and O–H groups in total. The molecular formula is C36H39Cl2N3O5S. The number of rotatable bonds is 12. The third-order valence-corrected chi connectivity index (χ3v) is 9.73. The number of ether oxygens (including phenoxy) is 1. The number of anilines is 1. The van der Waals surface area contributed by atoms with Gasteiger partial charge in [0.2, 0.25) is 11.8 Å². The summed E-state index contributed by atoms with van der Waals surface area (Å²) >= 11 is 12.8. The number of benzene rings is 4. The Labute approximate surface area is 287 Å². The van der Waals surface area contributed by atoms with E-state index in [9.17, 15) is 18.0 Å². The van der Waals surface area contributed by atoms with Crippen molar-refractivity contribution < 1.29 is 22.7 Å². The number of halogens is 2. The molecule has 0 heterocycles. The summed E-state index contributed by atoms with van der Waals surface area (Å²) < 4.78 is 35.1. The number of nitrogens with zero attached hydrogens (tertiary/aromatic N) is 2. The molecule has 47 heavy (non-hydrogen) atoms. The van der Waals surface area contributed by atoms with Gasteiger partial charge in [-0.1, -0.05) is 89.4 Å². The van der Waals surface area contributed by atoms with Crippen molar-refractivity contribution in [3.05, 3.63) is 124 Å². The van der Waals surface area contributed by atoms with Crippen molar-refractivity contribution in [3.8, 4) is 5.75 Å². The first kappa shape index (κ1) is 35.8. The average molecular weight is 697 g/mol. The fourth-order valence-corrected chi connectivity index (χ4v) is 6.92. The number of aryl methyl sites for hydroxylation is 1. The molecule has 2 amide bonds. The number of sulfonamides is 1. The van der Waals surface area contributed by atoms with Crippen molar-refractivity contribution in [2.45, 2.75) is 57.1 Å². The molecule has 0 spiro atoms. The number of amides is 2. The van der Waals surface area contributed by atoms with E-state index < -0.39 is 40.0 Å². The normalized spacial score (nSPS) is 12.2. The predicted molar refractivity (Wildman–Crippen MR) is 188 cm³/mol. The molecule has 0 aromatic heterocycles. The number of nitrogens with one attached hydrogen (secondary N) is 1. The van der Waals surface area contributed by atoms with Gasteiger partial charge in [-0.05, 0) is 75.2 Å². The number of para-hydroxylation sites is 2. The maximum Gasteiger partial charge on any atom is 0.264 e. The molecular weight excluding hydrogens is 657 g/mol. The van der Waals surface area contributed by atoms with Crippen molar-refractivity contribution in [2.24, 2.45) is 0 Å². The minimum atomic E-state index is -4.29. The van der Waals surface area contributed by atoms with E-state index in [1.54, 1.807) is 54.6 Å². The smallest absolute Gasteiger partial charge is 0.264 e. The molecule has 0 saturated carbocycles. The molecule has 248 valence electrons. The van der Waals surface area contributed by atoms with Gasteiger partial charge >= 0.3 is 0 Å². The van der Waals surface area contributed by atoms with Gasteiger partial charge in [0, 0.05) is 28.5 Å². The zero-order chi connectivity index (χ0) is 34.4. The molecule has 4 aromatic rings. The van der Waals surface area contributed by atoms with Gasteiger partial charge < -0.3 is 15.0 Å². The van der Waals surface area contributed by atoms with Crippen LogP contribution in [0.3, 0.4) is 0 Å². The van der Waals surface area contributed by atoms with Gasteiger partial charge in [-0.3, -0.25) is 13.9 Å². The van der Waals surface area contributed by atoms with Crippen LogP contribution in [0.15, 0.2) is 102 Å². The molecule has 11 heteroatoms. The van der Waals surface area contributed by atoms with Crippen molar-refractivity contribution in [3.63, 3.8) is 0 Å². The Morgan fingerprint density at radius 2 is 1.53 bits per heavy atom. The molecule has 0 aliphatic carbocycles. The van der Waals surface area contributed by atoms with Gasteiger partial charge in [-0.25, -0.2) is 8.42 Å². The molecule has 0 radical (unpaired) electrons. The van der Waals surface area contributed by atoms with Crippen LogP contribution in [0.5, 0.6) is 5.75 Å². The molecule has 0 aliphatic rings. The van der Waals surface area contributed by atoms with Crippen molar-refractivity contribution in [1.82, 2.24) is 10.2 Å². The second kappa shape index (κ2) is 15.2. The van der Waals surface area contributed by atoms with Gasteiger partial charge in [0.15, 0.2) is 0 Å². The molecule has 1 atom stereocenters. The Hall–Kier alpha value is -4.05. The van der Waals surface area contributed by atoms with Gasteiger partial charge in [0.05, 0.1) is 17.7 Å². The zero-order valence-electron chi connectivity index (χ0n) is 27.0. The number of carbonyl (C=O) groups is 2.